The van der Waals surface area contributed by atoms with Gasteiger partial charge in [-0.25, -0.2) is 0 Å². The van der Waals surface area contributed by atoms with Gasteiger partial charge in [-0.1, -0.05) is 0 Å². The molecule has 0 aromatic heterocycles. The lowest BCUT2D eigenvalue weighted by molar-refractivity contribution is -0.128. The second kappa shape index (κ2) is 2.98. The molecule has 0 aromatic rings. The molecule has 0 aliphatic carbocycles. The normalized spacial score (nSPS) is 25.4. The number of carbonyl (C=O) groups is 1. The van der Waals surface area contributed by atoms with E-state index in [2.05, 4.69) is 0 Å². The van der Waals surface area contributed by atoms with Gasteiger partial charge >= 0.3 is 0 Å². The summed E-state index contributed by atoms with van der Waals surface area (Å²) in [5.74, 6) is -0.0726. The minimum absolute atomic E-state index is 0.0483. The molecule has 4 nitrogen and oxygen atoms in total. The summed E-state index contributed by atoms with van der Waals surface area (Å²) in [5, 5.41) is 9.01. The molecule has 1 saturated heterocycles. The number of β-amino-alcohol motifs (C(OH)–C–C–N with tert-alkyl or cyclic N) is 1. The van der Waals surface area contributed by atoms with Gasteiger partial charge in [-0.15, -0.1) is 0 Å². The number of hydrogen-bond acceptors (Lipinski definition) is 3. The van der Waals surface area contributed by atoms with Crippen molar-refractivity contribution in [1.82, 2.24) is 4.90 Å². The van der Waals surface area contributed by atoms with Gasteiger partial charge in [0.1, 0.15) is 0 Å². The van der Waals surface area contributed by atoms with Crippen molar-refractivity contribution >= 4 is 5.91 Å². The third kappa shape index (κ3) is 1.46. The second-order valence-electron chi connectivity index (χ2n) is 2.49. The van der Waals surface area contributed by atoms with Crippen LogP contribution in [0, 0.1) is 0 Å². The van der Waals surface area contributed by atoms with Gasteiger partial charge in [-0.3, -0.25) is 4.79 Å². The van der Waals surface area contributed by atoms with Gasteiger partial charge in [-0.2, -0.15) is 0 Å². The molecule has 0 spiro atoms. The number of nitrogens with zero attached hydrogens (tertiary/aromatic N) is 1. The van der Waals surface area contributed by atoms with Crippen LogP contribution in [0.15, 0.2) is 0 Å². The third-order valence-electron chi connectivity index (χ3n) is 1.69. The van der Waals surface area contributed by atoms with Gasteiger partial charge in [0.25, 0.3) is 0 Å². The smallest absolute Gasteiger partial charge is 0.236 e. The van der Waals surface area contributed by atoms with Crippen molar-refractivity contribution in [3.05, 3.63) is 0 Å². The summed E-state index contributed by atoms with van der Waals surface area (Å²) in [6.07, 6.45) is 0.349. The first-order valence-corrected chi connectivity index (χ1v) is 3.40. The van der Waals surface area contributed by atoms with Gasteiger partial charge in [0, 0.05) is 13.1 Å². The van der Waals surface area contributed by atoms with Gasteiger partial charge in [0.2, 0.25) is 5.91 Å². The molecule has 1 amide bonds. The fraction of sp³-hybridized carbons (Fsp3) is 0.833. The molecule has 58 valence electrons. The number of rotatable bonds is 1. The van der Waals surface area contributed by atoms with Crippen LogP contribution in [0.25, 0.3) is 0 Å². The molecule has 1 heterocycles. The summed E-state index contributed by atoms with van der Waals surface area (Å²) in [6, 6.07) is 0. The number of amides is 1. The lowest BCUT2D eigenvalue weighted by Gasteiger charge is -2.13. The zero-order valence-electron chi connectivity index (χ0n) is 5.79. The molecule has 1 atom stereocenters. The van der Waals surface area contributed by atoms with Gasteiger partial charge < -0.3 is 15.7 Å². The summed E-state index contributed by atoms with van der Waals surface area (Å²) in [4.78, 5) is 12.4. The SMILES string of the molecule is NCC(=O)N1CC[C@H](O)C1. The Bertz CT molecular complexity index is 138. The average molecular weight is 144 g/mol. The molecule has 1 aliphatic heterocycles. The van der Waals surface area contributed by atoms with Crippen molar-refractivity contribution in [2.75, 3.05) is 19.6 Å². The monoisotopic (exact) mass is 144 g/mol. The number of aliphatic hydroxyl groups is 1. The zero-order chi connectivity index (χ0) is 7.56. The molecule has 1 fully saturated rings. The van der Waals surface area contributed by atoms with E-state index in [1.165, 1.54) is 0 Å². The number of hydrogen-bond donors (Lipinski definition) is 2. The van der Waals surface area contributed by atoms with Crippen LogP contribution in [0.4, 0.5) is 0 Å². The number of carbonyl (C=O) groups excluding carboxylic acids is 1. The fourth-order valence-corrected chi connectivity index (χ4v) is 1.10. The number of likely N-dealkylation sites (tertiary alicyclic amines) is 1. The van der Waals surface area contributed by atoms with Crippen molar-refractivity contribution in [3.63, 3.8) is 0 Å². The molecule has 0 saturated carbocycles. The Labute approximate surface area is 59.6 Å². The highest BCUT2D eigenvalue weighted by Crippen LogP contribution is 2.07. The van der Waals surface area contributed by atoms with Crippen molar-refractivity contribution < 1.29 is 9.90 Å². The van der Waals surface area contributed by atoms with Gasteiger partial charge in [0.05, 0.1) is 12.6 Å². The zero-order valence-corrected chi connectivity index (χ0v) is 5.79. The first kappa shape index (κ1) is 7.50. The van der Waals surface area contributed by atoms with Crippen LogP contribution in [0.5, 0.6) is 0 Å². The van der Waals surface area contributed by atoms with E-state index in [9.17, 15) is 4.79 Å². The summed E-state index contributed by atoms with van der Waals surface area (Å²) in [6.45, 7) is 1.15. The van der Waals surface area contributed by atoms with E-state index in [1.807, 2.05) is 0 Å². The molecule has 1 aliphatic rings. The molecule has 0 radical (unpaired) electrons. The maximum atomic E-state index is 10.8. The summed E-state index contributed by atoms with van der Waals surface area (Å²) in [5.41, 5.74) is 5.12. The minimum atomic E-state index is -0.338. The second-order valence-corrected chi connectivity index (χ2v) is 2.49. The predicted molar refractivity (Wildman–Crippen MR) is 36.3 cm³/mol. The Morgan fingerprint density at radius 1 is 1.80 bits per heavy atom. The number of nitrogens with two attached hydrogens (primary N) is 1. The molecular formula is C6H12N2O2. The molecule has 0 unspecified atom stereocenters. The van der Waals surface area contributed by atoms with Crippen LogP contribution in [-0.4, -0.2) is 41.7 Å². The van der Waals surface area contributed by atoms with Crippen LogP contribution in [0.2, 0.25) is 0 Å². The van der Waals surface area contributed by atoms with Crippen LogP contribution in [0.3, 0.4) is 0 Å². The molecule has 4 heteroatoms. The molecule has 0 aromatic carbocycles. The highest BCUT2D eigenvalue weighted by molar-refractivity contribution is 5.78. The topological polar surface area (TPSA) is 66.6 Å². The Morgan fingerprint density at radius 2 is 2.50 bits per heavy atom. The molecule has 3 N–H and O–H groups in total. The van der Waals surface area contributed by atoms with E-state index in [1.54, 1.807) is 4.90 Å². The molecule has 10 heavy (non-hydrogen) atoms. The van der Waals surface area contributed by atoms with Crippen LogP contribution in [-0.2, 0) is 4.79 Å². The van der Waals surface area contributed by atoms with E-state index in [0.717, 1.165) is 0 Å². The lowest BCUT2D eigenvalue weighted by atomic mass is 10.3. The first-order valence-electron chi connectivity index (χ1n) is 3.40. The van der Waals surface area contributed by atoms with Crippen LogP contribution < -0.4 is 5.73 Å². The summed E-state index contributed by atoms with van der Waals surface area (Å²) in [7, 11) is 0. The van der Waals surface area contributed by atoms with E-state index >= 15 is 0 Å². The third-order valence-corrected chi connectivity index (χ3v) is 1.69. The largest absolute Gasteiger partial charge is 0.391 e. The highest BCUT2D eigenvalue weighted by Gasteiger charge is 2.22. The van der Waals surface area contributed by atoms with Crippen LogP contribution >= 0.6 is 0 Å². The van der Waals surface area contributed by atoms with E-state index in [4.69, 9.17) is 10.8 Å². The van der Waals surface area contributed by atoms with Crippen molar-refractivity contribution in [1.29, 1.82) is 0 Å². The van der Waals surface area contributed by atoms with E-state index in [0.29, 0.717) is 19.5 Å². The Morgan fingerprint density at radius 3 is 2.90 bits per heavy atom. The maximum absolute atomic E-state index is 10.8. The molecule has 0 bridgehead atoms. The van der Waals surface area contributed by atoms with Gasteiger partial charge in [0.15, 0.2) is 0 Å². The fourth-order valence-electron chi connectivity index (χ4n) is 1.10. The van der Waals surface area contributed by atoms with E-state index < -0.39 is 0 Å². The molecule has 1 rings (SSSR count). The first-order chi connectivity index (χ1) is 4.74. The minimum Gasteiger partial charge on any atom is -0.391 e. The van der Waals surface area contributed by atoms with Gasteiger partial charge in [-0.05, 0) is 6.42 Å². The number of aliphatic hydroxyl groups excluding tert-OH is 1. The maximum Gasteiger partial charge on any atom is 0.236 e. The predicted octanol–water partition coefficient (Wildman–Crippen LogP) is -1.46. The Balaban J connectivity index is 2.37. The summed E-state index contributed by atoms with van der Waals surface area (Å²) < 4.78 is 0. The van der Waals surface area contributed by atoms with Crippen molar-refractivity contribution in [2.45, 2.75) is 12.5 Å². The molecular weight excluding hydrogens is 132 g/mol. The standard InChI is InChI=1S/C6H12N2O2/c7-3-6(10)8-2-1-5(9)4-8/h5,9H,1-4,7H2/t5-/m0/s1. The highest BCUT2D eigenvalue weighted by atomic mass is 16.3. The van der Waals surface area contributed by atoms with Crippen molar-refractivity contribution in [3.8, 4) is 0 Å². The van der Waals surface area contributed by atoms with E-state index in [-0.39, 0.29) is 18.6 Å². The average Bonchev–Trinajstić information content (AvgIpc) is 2.34. The Kier molecular flexibility index (Phi) is 2.24. The van der Waals surface area contributed by atoms with Crippen molar-refractivity contribution in [2.24, 2.45) is 5.73 Å². The van der Waals surface area contributed by atoms with Crippen LogP contribution in [0.1, 0.15) is 6.42 Å². The Hall–Kier alpha value is -0.610. The quantitative estimate of drug-likeness (QED) is 0.472. The summed E-state index contributed by atoms with van der Waals surface area (Å²) >= 11 is 0. The lowest BCUT2D eigenvalue weighted by Crippen LogP contribution is -2.34.